The first-order valence-electron chi connectivity index (χ1n) is 7.28. The molecule has 1 aliphatic carbocycles. The fraction of sp³-hybridized carbons (Fsp3) is 0.294. The Hall–Kier alpha value is -1.89. The number of nitrogens with two attached hydrogens (primary N) is 1. The zero-order valence-electron chi connectivity index (χ0n) is 12.7. The second-order valence-electron chi connectivity index (χ2n) is 5.80. The SMILES string of the molecule is COc1ccc([C@H]2[C@H](S(=O)(=O)c3ccccc3)[C@@]2(N)CO)cc1. The predicted molar refractivity (Wildman–Crippen MR) is 87.2 cm³/mol. The highest BCUT2D eigenvalue weighted by atomic mass is 32.2. The Morgan fingerprint density at radius 1 is 1.13 bits per heavy atom. The lowest BCUT2D eigenvalue weighted by Gasteiger charge is -2.08. The van der Waals surface area contributed by atoms with E-state index in [9.17, 15) is 13.5 Å². The molecule has 0 radical (unpaired) electrons. The monoisotopic (exact) mass is 333 g/mol. The molecule has 23 heavy (non-hydrogen) atoms. The van der Waals surface area contributed by atoms with Gasteiger partial charge in [-0.3, -0.25) is 0 Å². The normalized spacial score (nSPS) is 26.7. The molecule has 122 valence electrons. The third-order valence-electron chi connectivity index (χ3n) is 4.46. The standard InChI is InChI=1S/C17H19NO4S/c1-22-13-9-7-12(8-10-13)15-16(17(15,18)11-19)23(20,21)14-5-3-2-4-6-14/h2-10,15-16,19H,11,18H2,1H3/t15-,16-,17+/m0/s1. The Bertz CT molecular complexity index is 789. The van der Waals surface area contributed by atoms with Crippen LogP contribution in [0.2, 0.25) is 0 Å². The number of hydrogen-bond donors (Lipinski definition) is 2. The first-order valence-corrected chi connectivity index (χ1v) is 8.82. The van der Waals surface area contributed by atoms with Crippen molar-refractivity contribution in [1.82, 2.24) is 0 Å². The summed E-state index contributed by atoms with van der Waals surface area (Å²) >= 11 is 0. The van der Waals surface area contributed by atoms with Gasteiger partial charge in [-0.25, -0.2) is 8.42 Å². The zero-order chi connectivity index (χ0) is 16.7. The van der Waals surface area contributed by atoms with Gasteiger partial charge in [-0.1, -0.05) is 30.3 Å². The van der Waals surface area contributed by atoms with Crippen molar-refractivity contribution >= 4 is 9.84 Å². The number of aliphatic hydroxyl groups is 1. The third kappa shape index (κ3) is 2.52. The molecular formula is C17H19NO4S. The Morgan fingerprint density at radius 2 is 1.74 bits per heavy atom. The minimum absolute atomic E-state index is 0.226. The minimum atomic E-state index is -3.61. The fourth-order valence-electron chi connectivity index (χ4n) is 3.13. The van der Waals surface area contributed by atoms with E-state index in [0.717, 1.165) is 5.56 Å². The van der Waals surface area contributed by atoms with E-state index in [1.807, 2.05) is 0 Å². The van der Waals surface area contributed by atoms with Gasteiger partial charge in [-0.15, -0.1) is 0 Å². The minimum Gasteiger partial charge on any atom is -0.497 e. The van der Waals surface area contributed by atoms with E-state index in [2.05, 4.69) is 0 Å². The Labute approximate surface area is 135 Å². The lowest BCUT2D eigenvalue weighted by Crippen LogP contribution is -2.35. The van der Waals surface area contributed by atoms with E-state index < -0.39 is 26.5 Å². The molecule has 1 fully saturated rings. The van der Waals surface area contributed by atoms with Crippen LogP contribution in [0.1, 0.15) is 11.5 Å². The largest absolute Gasteiger partial charge is 0.497 e. The van der Waals surface area contributed by atoms with E-state index >= 15 is 0 Å². The van der Waals surface area contributed by atoms with Gasteiger partial charge in [0, 0.05) is 5.92 Å². The average molecular weight is 333 g/mol. The fourth-order valence-corrected chi connectivity index (χ4v) is 5.45. The Kier molecular flexibility index (Phi) is 3.91. The maximum absolute atomic E-state index is 12.9. The Morgan fingerprint density at radius 3 is 2.26 bits per heavy atom. The molecule has 2 aromatic carbocycles. The molecule has 0 amide bonds. The van der Waals surface area contributed by atoms with Crippen molar-refractivity contribution in [2.45, 2.75) is 21.6 Å². The van der Waals surface area contributed by atoms with Gasteiger partial charge in [-0.2, -0.15) is 0 Å². The molecule has 0 bridgehead atoms. The summed E-state index contributed by atoms with van der Waals surface area (Å²) in [5.74, 6) is 0.243. The van der Waals surface area contributed by atoms with Gasteiger partial charge in [0.1, 0.15) is 5.75 Å². The smallest absolute Gasteiger partial charge is 0.183 e. The van der Waals surface area contributed by atoms with Crippen molar-refractivity contribution in [2.75, 3.05) is 13.7 Å². The van der Waals surface area contributed by atoms with Crippen LogP contribution in [-0.4, -0.2) is 38.0 Å². The number of hydrogen-bond acceptors (Lipinski definition) is 5. The van der Waals surface area contributed by atoms with E-state index in [4.69, 9.17) is 10.5 Å². The molecule has 0 unspecified atom stereocenters. The van der Waals surface area contributed by atoms with Crippen LogP contribution in [0, 0.1) is 0 Å². The molecule has 2 aromatic rings. The summed E-state index contributed by atoms with van der Waals surface area (Å²) in [6, 6.07) is 15.3. The predicted octanol–water partition coefficient (Wildman–Crippen LogP) is 1.32. The number of aliphatic hydroxyl groups excluding tert-OH is 1. The van der Waals surface area contributed by atoms with Crippen LogP contribution < -0.4 is 10.5 Å². The summed E-state index contributed by atoms with van der Waals surface area (Å²) in [7, 11) is -2.05. The van der Waals surface area contributed by atoms with Crippen LogP contribution in [-0.2, 0) is 9.84 Å². The molecule has 0 spiro atoms. The summed E-state index contributed by atoms with van der Waals surface area (Å²) in [5, 5.41) is 8.83. The van der Waals surface area contributed by atoms with Gasteiger partial charge in [0.05, 0.1) is 29.4 Å². The molecule has 0 heterocycles. The van der Waals surface area contributed by atoms with Crippen molar-refractivity contribution < 1.29 is 18.3 Å². The van der Waals surface area contributed by atoms with Crippen LogP contribution >= 0.6 is 0 Å². The number of methoxy groups -OCH3 is 1. The summed E-state index contributed by atoms with van der Waals surface area (Å²) in [6.45, 7) is -0.388. The average Bonchev–Trinajstić information content (AvgIpc) is 3.23. The van der Waals surface area contributed by atoms with E-state index in [0.29, 0.717) is 5.75 Å². The third-order valence-corrected chi connectivity index (χ3v) is 6.77. The first kappa shape index (κ1) is 16.0. The number of sulfone groups is 1. The van der Waals surface area contributed by atoms with Crippen molar-refractivity contribution in [2.24, 2.45) is 5.73 Å². The van der Waals surface area contributed by atoms with Gasteiger partial charge >= 0.3 is 0 Å². The second kappa shape index (κ2) is 5.63. The van der Waals surface area contributed by atoms with Gasteiger partial charge in [0.15, 0.2) is 9.84 Å². The highest BCUT2D eigenvalue weighted by molar-refractivity contribution is 7.92. The van der Waals surface area contributed by atoms with Crippen molar-refractivity contribution in [1.29, 1.82) is 0 Å². The van der Waals surface area contributed by atoms with Crippen molar-refractivity contribution in [3.05, 3.63) is 60.2 Å². The van der Waals surface area contributed by atoms with Gasteiger partial charge < -0.3 is 15.6 Å². The molecule has 1 saturated carbocycles. The molecule has 5 nitrogen and oxygen atoms in total. The van der Waals surface area contributed by atoms with E-state index in [1.165, 1.54) is 0 Å². The topological polar surface area (TPSA) is 89.6 Å². The molecule has 3 rings (SSSR count). The second-order valence-corrected chi connectivity index (χ2v) is 7.87. The van der Waals surface area contributed by atoms with Crippen LogP contribution in [0.4, 0.5) is 0 Å². The molecule has 1 aliphatic rings. The number of ether oxygens (including phenoxy) is 1. The van der Waals surface area contributed by atoms with Gasteiger partial charge in [0.25, 0.3) is 0 Å². The maximum Gasteiger partial charge on any atom is 0.183 e. The summed E-state index contributed by atoms with van der Waals surface area (Å²) < 4.78 is 30.8. The molecule has 0 saturated heterocycles. The number of rotatable bonds is 5. The molecular weight excluding hydrogens is 314 g/mol. The molecule has 0 aromatic heterocycles. The van der Waals surface area contributed by atoms with E-state index in [1.54, 1.807) is 61.7 Å². The maximum atomic E-state index is 12.9. The van der Waals surface area contributed by atoms with Crippen LogP contribution in [0.25, 0.3) is 0 Å². The molecule has 3 atom stereocenters. The zero-order valence-corrected chi connectivity index (χ0v) is 13.5. The summed E-state index contributed by atoms with van der Waals surface area (Å²) in [4.78, 5) is 0.226. The van der Waals surface area contributed by atoms with Crippen molar-refractivity contribution in [3.8, 4) is 5.75 Å². The molecule has 6 heteroatoms. The molecule has 0 aliphatic heterocycles. The lowest BCUT2D eigenvalue weighted by molar-refractivity contribution is 0.253. The van der Waals surface area contributed by atoms with Crippen LogP contribution in [0.15, 0.2) is 59.5 Å². The van der Waals surface area contributed by atoms with Gasteiger partial charge in [0.2, 0.25) is 0 Å². The summed E-state index contributed by atoms with van der Waals surface area (Å²) in [6.07, 6.45) is 0. The first-order chi connectivity index (χ1) is 10.9. The molecule has 3 N–H and O–H groups in total. The van der Waals surface area contributed by atoms with Crippen molar-refractivity contribution in [3.63, 3.8) is 0 Å². The summed E-state index contributed by atoms with van der Waals surface area (Å²) in [5.41, 5.74) is 5.82. The van der Waals surface area contributed by atoms with E-state index in [-0.39, 0.29) is 11.5 Å². The van der Waals surface area contributed by atoms with Crippen LogP contribution in [0.3, 0.4) is 0 Å². The number of benzene rings is 2. The van der Waals surface area contributed by atoms with Gasteiger partial charge in [-0.05, 0) is 29.8 Å². The quantitative estimate of drug-likeness (QED) is 0.861. The Balaban J connectivity index is 1.98. The highest BCUT2D eigenvalue weighted by Crippen LogP contribution is 2.55. The lowest BCUT2D eigenvalue weighted by atomic mass is 10.1. The van der Waals surface area contributed by atoms with Crippen LogP contribution in [0.5, 0.6) is 5.75 Å². The highest BCUT2D eigenvalue weighted by Gasteiger charge is 2.69.